The van der Waals surface area contributed by atoms with Gasteiger partial charge in [-0.25, -0.2) is 10.2 Å². The van der Waals surface area contributed by atoms with Gasteiger partial charge in [0.15, 0.2) is 0 Å². The molecular weight excluding hydrogens is 259 g/mol. The second-order valence-corrected chi connectivity index (χ2v) is 3.83. The smallest absolute Gasteiger partial charge is 0.223 e. The molecule has 2 aromatic rings. The highest BCUT2D eigenvalue weighted by Gasteiger charge is 2.06. The van der Waals surface area contributed by atoms with Crippen LogP contribution in [0, 0.1) is 5.82 Å². The summed E-state index contributed by atoms with van der Waals surface area (Å²) < 4.78 is 13.5. The zero-order valence-corrected chi connectivity index (χ0v) is 9.87. The third-order valence-corrected chi connectivity index (χ3v) is 2.32. The van der Waals surface area contributed by atoms with Crippen molar-refractivity contribution in [3.8, 4) is 0 Å². The summed E-state index contributed by atoms with van der Waals surface area (Å²) in [6.07, 6.45) is 0. The van der Waals surface area contributed by atoms with Gasteiger partial charge in [-0.1, -0.05) is 11.6 Å². The van der Waals surface area contributed by atoms with E-state index in [4.69, 9.17) is 23.2 Å². The van der Waals surface area contributed by atoms with Crippen LogP contribution in [0.1, 0.15) is 0 Å². The number of hydrazine groups is 1. The number of halogens is 2. The Balaban J connectivity index is 2.33. The zero-order valence-electron chi connectivity index (χ0n) is 9.11. The predicted octanol–water partition coefficient (Wildman–Crippen LogP) is 1.88. The van der Waals surface area contributed by atoms with Gasteiger partial charge in [-0.2, -0.15) is 9.97 Å². The van der Waals surface area contributed by atoms with Crippen molar-refractivity contribution < 1.29 is 4.39 Å². The maximum absolute atomic E-state index is 13.5. The normalized spacial score (nSPS) is 10.2. The summed E-state index contributed by atoms with van der Waals surface area (Å²) >= 11 is 5.78. The van der Waals surface area contributed by atoms with Gasteiger partial charge in [-0.15, -0.1) is 0 Å². The lowest BCUT2D eigenvalue weighted by molar-refractivity contribution is 0.632. The van der Waals surface area contributed by atoms with E-state index in [0.29, 0.717) is 16.7 Å². The largest absolute Gasteiger partial charge is 0.368 e. The van der Waals surface area contributed by atoms with Crippen molar-refractivity contribution >= 4 is 34.9 Å². The van der Waals surface area contributed by atoms with Crippen LogP contribution in [0.5, 0.6) is 0 Å². The van der Waals surface area contributed by atoms with Crippen LogP contribution in [0.25, 0.3) is 0 Å². The Labute approximate surface area is 107 Å². The molecular formula is C10H10ClFN6. The summed E-state index contributed by atoms with van der Waals surface area (Å²) in [5.74, 6) is 5.38. The Morgan fingerprint density at radius 2 is 1.89 bits per heavy atom. The quantitative estimate of drug-likeness (QED) is 0.501. The van der Waals surface area contributed by atoms with Gasteiger partial charge in [-0.3, -0.25) is 0 Å². The molecule has 0 saturated carbocycles. The van der Waals surface area contributed by atoms with Gasteiger partial charge >= 0.3 is 0 Å². The molecule has 0 fully saturated rings. The maximum Gasteiger partial charge on any atom is 0.223 e. The fraction of sp³-hybridized carbons (Fsp3) is 0. The van der Waals surface area contributed by atoms with Gasteiger partial charge in [0.2, 0.25) is 5.95 Å². The van der Waals surface area contributed by atoms with Gasteiger partial charge in [-0.05, 0) is 18.2 Å². The van der Waals surface area contributed by atoms with E-state index >= 15 is 0 Å². The second kappa shape index (κ2) is 5.03. The minimum Gasteiger partial charge on any atom is -0.368 e. The first-order valence-electron chi connectivity index (χ1n) is 4.92. The SMILES string of the molecule is NNc1cc(Nc2cc(Cl)ccc2F)nc(N)n1. The lowest BCUT2D eigenvalue weighted by Gasteiger charge is -2.09. The number of nitrogens with zero attached hydrogens (tertiary/aromatic N) is 2. The van der Waals surface area contributed by atoms with Crippen LogP contribution in [-0.4, -0.2) is 9.97 Å². The van der Waals surface area contributed by atoms with Crippen molar-refractivity contribution in [1.29, 1.82) is 0 Å². The molecule has 0 bridgehead atoms. The molecule has 6 N–H and O–H groups in total. The van der Waals surface area contributed by atoms with E-state index in [0.717, 1.165) is 0 Å². The Kier molecular flexibility index (Phi) is 3.45. The molecule has 1 aromatic carbocycles. The van der Waals surface area contributed by atoms with Crippen molar-refractivity contribution in [3.63, 3.8) is 0 Å². The van der Waals surface area contributed by atoms with E-state index in [1.54, 1.807) is 0 Å². The minimum absolute atomic E-state index is 0.00962. The zero-order chi connectivity index (χ0) is 13.1. The van der Waals surface area contributed by atoms with E-state index in [2.05, 4.69) is 20.7 Å². The van der Waals surface area contributed by atoms with Crippen molar-refractivity contribution in [2.24, 2.45) is 5.84 Å². The number of nitrogen functional groups attached to an aromatic ring is 2. The number of aromatic nitrogens is 2. The van der Waals surface area contributed by atoms with Crippen molar-refractivity contribution in [2.75, 3.05) is 16.5 Å². The van der Waals surface area contributed by atoms with E-state index in [9.17, 15) is 4.39 Å². The average Bonchev–Trinajstić information content (AvgIpc) is 2.33. The van der Waals surface area contributed by atoms with Crippen LogP contribution in [0.15, 0.2) is 24.3 Å². The Morgan fingerprint density at radius 1 is 1.17 bits per heavy atom. The van der Waals surface area contributed by atoms with Crippen molar-refractivity contribution in [1.82, 2.24) is 9.97 Å². The van der Waals surface area contributed by atoms with Gasteiger partial charge in [0.1, 0.15) is 17.5 Å². The van der Waals surface area contributed by atoms with Gasteiger partial charge in [0.25, 0.3) is 0 Å². The number of hydrogen-bond acceptors (Lipinski definition) is 6. The second-order valence-electron chi connectivity index (χ2n) is 3.39. The summed E-state index contributed by atoms with van der Waals surface area (Å²) in [6.45, 7) is 0. The van der Waals surface area contributed by atoms with Crippen LogP contribution in [0.4, 0.5) is 27.7 Å². The van der Waals surface area contributed by atoms with Gasteiger partial charge in [0.05, 0.1) is 5.69 Å². The molecule has 6 nitrogen and oxygen atoms in total. The van der Waals surface area contributed by atoms with Crippen LogP contribution in [0.2, 0.25) is 5.02 Å². The summed E-state index contributed by atoms with van der Waals surface area (Å²) in [4.78, 5) is 7.70. The van der Waals surface area contributed by atoms with Gasteiger partial charge in [0, 0.05) is 11.1 Å². The molecule has 0 aliphatic heterocycles. The lowest BCUT2D eigenvalue weighted by Crippen LogP contribution is -2.11. The lowest BCUT2D eigenvalue weighted by atomic mass is 10.3. The summed E-state index contributed by atoms with van der Waals surface area (Å²) in [6, 6.07) is 5.61. The third-order valence-electron chi connectivity index (χ3n) is 2.08. The Morgan fingerprint density at radius 3 is 2.61 bits per heavy atom. The highest BCUT2D eigenvalue weighted by Crippen LogP contribution is 2.23. The molecule has 0 saturated heterocycles. The molecule has 1 heterocycles. The number of benzene rings is 1. The van der Waals surface area contributed by atoms with E-state index in [1.165, 1.54) is 24.3 Å². The molecule has 1 aromatic heterocycles. The molecule has 18 heavy (non-hydrogen) atoms. The first-order chi connectivity index (χ1) is 8.58. The fourth-order valence-corrected chi connectivity index (χ4v) is 1.51. The molecule has 0 spiro atoms. The molecule has 0 aliphatic carbocycles. The number of nitrogens with one attached hydrogen (secondary N) is 2. The molecule has 0 atom stereocenters. The predicted molar refractivity (Wildman–Crippen MR) is 68.9 cm³/mol. The van der Waals surface area contributed by atoms with E-state index in [-0.39, 0.29) is 11.6 Å². The van der Waals surface area contributed by atoms with Gasteiger partial charge < -0.3 is 16.5 Å². The first kappa shape index (κ1) is 12.3. The highest BCUT2D eigenvalue weighted by molar-refractivity contribution is 6.30. The maximum atomic E-state index is 13.5. The van der Waals surface area contributed by atoms with Crippen LogP contribution in [-0.2, 0) is 0 Å². The van der Waals surface area contributed by atoms with Crippen LogP contribution < -0.4 is 22.3 Å². The molecule has 0 amide bonds. The monoisotopic (exact) mass is 268 g/mol. The summed E-state index contributed by atoms with van der Waals surface area (Å²) in [5.41, 5.74) is 7.99. The molecule has 0 radical (unpaired) electrons. The topological polar surface area (TPSA) is 102 Å². The Bertz CT molecular complexity index is 576. The number of hydrogen-bond donors (Lipinski definition) is 4. The molecule has 0 unspecified atom stereocenters. The van der Waals surface area contributed by atoms with Crippen LogP contribution in [0.3, 0.4) is 0 Å². The summed E-state index contributed by atoms with van der Waals surface area (Å²) in [5, 5.41) is 3.14. The standard InChI is InChI=1S/C10H10ClFN6/c11-5-1-2-6(12)7(3-5)15-8-4-9(18-14)17-10(13)16-8/h1-4H,14H2,(H4,13,15,16,17,18). The fourth-order valence-electron chi connectivity index (χ4n) is 1.34. The molecule has 8 heteroatoms. The number of rotatable bonds is 3. The molecule has 94 valence electrons. The van der Waals surface area contributed by atoms with E-state index in [1.807, 2.05) is 0 Å². The van der Waals surface area contributed by atoms with Crippen molar-refractivity contribution in [3.05, 3.63) is 35.1 Å². The highest BCUT2D eigenvalue weighted by atomic mass is 35.5. The average molecular weight is 269 g/mol. The number of anilines is 4. The van der Waals surface area contributed by atoms with Crippen molar-refractivity contribution in [2.45, 2.75) is 0 Å². The van der Waals surface area contributed by atoms with Crippen LogP contribution >= 0.6 is 11.6 Å². The van der Waals surface area contributed by atoms with E-state index < -0.39 is 5.82 Å². The number of nitrogens with two attached hydrogens (primary N) is 2. The molecule has 0 aliphatic rings. The third kappa shape index (κ3) is 2.76. The first-order valence-corrected chi connectivity index (χ1v) is 5.29. The Hall–Kier alpha value is -2.12. The summed E-state index contributed by atoms with van der Waals surface area (Å²) in [7, 11) is 0. The molecule has 2 rings (SSSR count). The minimum atomic E-state index is -0.459.